The molecule has 0 bridgehead atoms. The van der Waals surface area contributed by atoms with Crippen molar-refractivity contribution in [3.8, 4) is 11.5 Å². The van der Waals surface area contributed by atoms with Crippen molar-refractivity contribution in [2.24, 2.45) is 5.10 Å². The van der Waals surface area contributed by atoms with Gasteiger partial charge in [-0.25, -0.2) is 5.43 Å². The molecule has 0 heterocycles. The van der Waals surface area contributed by atoms with Crippen molar-refractivity contribution in [3.63, 3.8) is 0 Å². The van der Waals surface area contributed by atoms with Crippen LogP contribution in [0.15, 0.2) is 47.6 Å². The van der Waals surface area contributed by atoms with Gasteiger partial charge < -0.3 is 15.2 Å². The van der Waals surface area contributed by atoms with Gasteiger partial charge in [0.05, 0.1) is 12.8 Å². The third-order valence-electron chi connectivity index (χ3n) is 3.68. The van der Waals surface area contributed by atoms with Crippen LogP contribution in [0.5, 0.6) is 11.5 Å². The molecule has 0 fully saturated rings. The van der Waals surface area contributed by atoms with Gasteiger partial charge in [-0.3, -0.25) is 9.59 Å². The number of phenolic OH excluding ortho intramolecular Hbond substituents is 1. The first-order valence-electron chi connectivity index (χ1n) is 8.62. The molecule has 142 valence electrons. The number of aryl methyl sites for hydroxylation is 1. The molecule has 27 heavy (non-hydrogen) atoms. The molecule has 0 unspecified atom stereocenters. The molecule has 2 aromatic rings. The number of ether oxygens (including phenoxy) is 1. The molecule has 2 aromatic carbocycles. The molecule has 3 N–H and O–H groups in total. The summed E-state index contributed by atoms with van der Waals surface area (Å²) in [6.45, 7) is 4.14. The number of benzene rings is 2. The Balaban J connectivity index is 1.79. The Bertz CT molecular complexity index is 834. The van der Waals surface area contributed by atoms with Crippen LogP contribution in [0.4, 0.5) is 5.69 Å². The van der Waals surface area contributed by atoms with E-state index in [1.54, 1.807) is 12.1 Å². The van der Waals surface area contributed by atoms with E-state index in [2.05, 4.69) is 15.8 Å². The molecule has 7 nitrogen and oxygen atoms in total. The fourth-order valence-electron chi connectivity index (χ4n) is 2.27. The topological polar surface area (TPSA) is 100 Å². The molecule has 2 amide bonds. The van der Waals surface area contributed by atoms with E-state index in [-0.39, 0.29) is 30.4 Å². The van der Waals surface area contributed by atoms with Crippen LogP contribution < -0.4 is 15.5 Å². The fraction of sp³-hybridized carbons (Fsp3) is 0.250. The summed E-state index contributed by atoms with van der Waals surface area (Å²) in [5.41, 5.74) is 4.73. The number of carbonyl (C=O) groups is 2. The molecule has 0 aliphatic rings. The van der Waals surface area contributed by atoms with E-state index in [0.717, 1.165) is 11.3 Å². The lowest BCUT2D eigenvalue weighted by Crippen LogP contribution is -2.20. The molecular weight excluding hydrogens is 346 g/mol. The molecule has 7 heteroatoms. The number of hydrogen-bond donors (Lipinski definition) is 3. The second kappa shape index (κ2) is 9.96. The summed E-state index contributed by atoms with van der Waals surface area (Å²) in [6, 6.07) is 12.2. The Morgan fingerprint density at radius 1 is 1.15 bits per heavy atom. The Labute approximate surface area is 158 Å². The quantitative estimate of drug-likeness (QED) is 0.492. The molecule has 0 aliphatic carbocycles. The lowest BCUT2D eigenvalue weighted by atomic mass is 10.2. The largest absolute Gasteiger partial charge is 0.504 e. The number of carbonyl (C=O) groups excluding carboxylic acids is 2. The van der Waals surface area contributed by atoms with Gasteiger partial charge in [0.15, 0.2) is 11.5 Å². The minimum Gasteiger partial charge on any atom is -0.504 e. The average molecular weight is 369 g/mol. The lowest BCUT2D eigenvalue weighted by Gasteiger charge is -2.07. The summed E-state index contributed by atoms with van der Waals surface area (Å²) in [5.74, 6) is -0.211. The molecule has 0 aliphatic heterocycles. The molecule has 0 spiro atoms. The summed E-state index contributed by atoms with van der Waals surface area (Å²) in [5, 5.41) is 16.3. The third-order valence-corrected chi connectivity index (χ3v) is 3.68. The highest BCUT2D eigenvalue weighted by Crippen LogP contribution is 2.26. The van der Waals surface area contributed by atoms with E-state index in [1.807, 2.05) is 38.1 Å². The number of rotatable bonds is 8. The van der Waals surface area contributed by atoms with E-state index in [1.165, 1.54) is 12.3 Å². The van der Waals surface area contributed by atoms with Crippen molar-refractivity contribution in [1.29, 1.82) is 0 Å². The number of nitrogens with zero attached hydrogens (tertiary/aromatic N) is 1. The van der Waals surface area contributed by atoms with E-state index >= 15 is 0 Å². The van der Waals surface area contributed by atoms with E-state index in [0.29, 0.717) is 17.9 Å². The SMILES string of the molecule is CCOc1cc(C=NNC(=O)CCC(=O)Nc2ccccc2C)ccc1O. The summed E-state index contributed by atoms with van der Waals surface area (Å²) < 4.78 is 5.28. The molecule has 0 saturated heterocycles. The van der Waals surface area contributed by atoms with Gasteiger partial charge in [0.2, 0.25) is 11.8 Å². The molecule has 0 radical (unpaired) electrons. The number of nitrogens with one attached hydrogen (secondary N) is 2. The monoisotopic (exact) mass is 369 g/mol. The highest BCUT2D eigenvalue weighted by atomic mass is 16.5. The highest BCUT2D eigenvalue weighted by Gasteiger charge is 2.08. The van der Waals surface area contributed by atoms with Crippen LogP contribution in [-0.4, -0.2) is 29.7 Å². The number of hydrogen-bond acceptors (Lipinski definition) is 5. The lowest BCUT2D eigenvalue weighted by molar-refractivity contribution is -0.124. The van der Waals surface area contributed by atoms with Gasteiger partial charge in [-0.15, -0.1) is 0 Å². The maximum Gasteiger partial charge on any atom is 0.240 e. The molecular formula is C20H23N3O4. The van der Waals surface area contributed by atoms with Crippen molar-refractivity contribution in [3.05, 3.63) is 53.6 Å². The molecule has 0 atom stereocenters. The number of anilines is 1. The Morgan fingerprint density at radius 2 is 1.89 bits per heavy atom. The van der Waals surface area contributed by atoms with Crippen LogP contribution in [0.3, 0.4) is 0 Å². The number of hydrazone groups is 1. The van der Waals surface area contributed by atoms with Crippen LogP contribution in [-0.2, 0) is 9.59 Å². The van der Waals surface area contributed by atoms with Crippen LogP contribution >= 0.6 is 0 Å². The van der Waals surface area contributed by atoms with E-state index in [9.17, 15) is 14.7 Å². The zero-order valence-corrected chi connectivity index (χ0v) is 15.4. The first kappa shape index (κ1) is 20.0. The van der Waals surface area contributed by atoms with Gasteiger partial charge in [0, 0.05) is 18.5 Å². The number of phenols is 1. The standard InChI is InChI=1S/C20H23N3O4/c1-3-27-18-12-15(8-9-17(18)24)13-21-23-20(26)11-10-19(25)22-16-7-5-4-6-14(16)2/h4-9,12-13,24H,3,10-11H2,1-2H3,(H,22,25)(H,23,26). The summed E-state index contributed by atoms with van der Waals surface area (Å²) in [4.78, 5) is 23.7. The van der Waals surface area contributed by atoms with E-state index in [4.69, 9.17) is 4.74 Å². The second-order valence-corrected chi connectivity index (χ2v) is 5.82. The van der Waals surface area contributed by atoms with E-state index < -0.39 is 0 Å². The number of amides is 2. The maximum absolute atomic E-state index is 11.9. The predicted octanol–water partition coefficient (Wildman–Crippen LogP) is 2.97. The molecule has 0 saturated carbocycles. The van der Waals surface area contributed by atoms with Crippen molar-refractivity contribution < 1.29 is 19.4 Å². The maximum atomic E-state index is 11.9. The van der Waals surface area contributed by atoms with Crippen molar-refractivity contribution in [2.75, 3.05) is 11.9 Å². The van der Waals surface area contributed by atoms with Gasteiger partial charge in [-0.1, -0.05) is 18.2 Å². The Hall–Kier alpha value is -3.35. The summed E-state index contributed by atoms with van der Waals surface area (Å²) >= 11 is 0. The van der Waals surface area contributed by atoms with Gasteiger partial charge in [-0.2, -0.15) is 5.10 Å². The van der Waals surface area contributed by atoms with Crippen LogP contribution in [0, 0.1) is 6.92 Å². The zero-order chi connectivity index (χ0) is 19.6. The van der Waals surface area contributed by atoms with Crippen LogP contribution in [0.2, 0.25) is 0 Å². The first-order valence-corrected chi connectivity index (χ1v) is 8.62. The predicted molar refractivity (Wildman–Crippen MR) is 104 cm³/mol. The smallest absolute Gasteiger partial charge is 0.240 e. The minimum atomic E-state index is -0.366. The van der Waals surface area contributed by atoms with Gasteiger partial charge in [-0.05, 0) is 49.2 Å². The summed E-state index contributed by atoms with van der Waals surface area (Å²) in [7, 11) is 0. The first-order chi connectivity index (χ1) is 13.0. The fourth-order valence-corrected chi connectivity index (χ4v) is 2.27. The molecule has 2 rings (SSSR count). The normalized spacial score (nSPS) is 10.6. The van der Waals surface area contributed by atoms with Crippen LogP contribution in [0.1, 0.15) is 30.9 Å². The van der Waals surface area contributed by atoms with Gasteiger partial charge in [0.1, 0.15) is 0 Å². The Kier molecular flexibility index (Phi) is 7.37. The third kappa shape index (κ3) is 6.47. The summed E-state index contributed by atoms with van der Waals surface area (Å²) in [6.07, 6.45) is 1.52. The van der Waals surface area contributed by atoms with Gasteiger partial charge in [0.25, 0.3) is 0 Å². The van der Waals surface area contributed by atoms with Crippen molar-refractivity contribution in [1.82, 2.24) is 5.43 Å². The minimum absolute atomic E-state index is 0.0226. The van der Waals surface area contributed by atoms with Gasteiger partial charge >= 0.3 is 0 Å². The zero-order valence-electron chi connectivity index (χ0n) is 15.4. The Morgan fingerprint density at radius 3 is 2.63 bits per heavy atom. The highest BCUT2D eigenvalue weighted by molar-refractivity contribution is 5.94. The van der Waals surface area contributed by atoms with Crippen molar-refractivity contribution in [2.45, 2.75) is 26.7 Å². The average Bonchev–Trinajstić information content (AvgIpc) is 2.65. The second-order valence-electron chi connectivity index (χ2n) is 5.82. The number of para-hydroxylation sites is 1. The molecule has 0 aromatic heterocycles. The van der Waals surface area contributed by atoms with Crippen molar-refractivity contribution >= 4 is 23.7 Å². The van der Waals surface area contributed by atoms with Crippen LogP contribution in [0.25, 0.3) is 0 Å². The number of aromatic hydroxyl groups is 1.